The maximum Gasteiger partial charge on any atom is 0.348 e. The molecule has 1 amide bonds. The van der Waals surface area contributed by atoms with Crippen LogP contribution in [0.1, 0.15) is 54.0 Å². The van der Waals surface area contributed by atoms with Crippen LogP contribution in [0.3, 0.4) is 0 Å². The monoisotopic (exact) mass is 439 g/mol. The van der Waals surface area contributed by atoms with Crippen LogP contribution in [0.4, 0.5) is 5.00 Å². The van der Waals surface area contributed by atoms with E-state index in [-0.39, 0.29) is 28.7 Å². The first-order valence-electron chi connectivity index (χ1n) is 8.79. The second kappa shape index (κ2) is 10.2. The number of thiophene rings is 2. The van der Waals surface area contributed by atoms with E-state index in [0.29, 0.717) is 10.4 Å². The van der Waals surface area contributed by atoms with Gasteiger partial charge in [-0.3, -0.25) is 4.79 Å². The summed E-state index contributed by atoms with van der Waals surface area (Å²) >= 11 is 2.16. The fraction of sp³-hybridized carbons (Fsp3) is 0.368. The van der Waals surface area contributed by atoms with E-state index in [1.54, 1.807) is 32.9 Å². The molecule has 0 spiro atoms. The van der Waals surface area contributed by atoms with E-state index >= 15 is 0 Å². The summed E-state index contributed by atoms with van der Waals surface area (Å²) in [5.41, 5.74) is 0.432. The summed E-state index contributed by atoms with van der Waals surface area (Å²) in [6, 6.07) is 3.39. The van der Waals surface area contributed by atoms with E-state index in [0.717, 1.165) is 16.2 Å². The van der Waals surface area contributed by atoms with Crippen molar-refractivity contribution < 1.29 is 33.4 Å². The maximum atomic E-state index is 12.3. The molecule has 2 heterocycles. The van der Waals surface area contributed by atoms with Gasteiger partial charge in [0.05, 0.1) is 18.8 Å². The van der Waals surface area contributed by atoms with E-state index in [2.05, 4.69) is 5.32 Å². The molecular formula is C19H21NO7S2. The van der Waals surface area contributed by atoms with Crippen LogP contribution >= 0.6 is 22.7 Å². The molecule has 0 unspecified atom stereocenters. The largest absolute Gasteiger partial charge is 0.462 e. The van der Waals surface area contributed by atoms with Gasteiger partial charge in [0.25, 0.3) is 5.91 Å². The first kappa shape index (κ1) is 22.6. The third-order valence-electron chi connectivity index (χ3n) is 3.62. The highest BCUT2D eigenvalue weighted by molar-refractivity contribution is 7.18. The van der Waals surface area contributed by atoms with Gasteiger partial charge in [0.2, 0.25) is 0 Å². The Labute approximate surface area is 175 Å². The predicted octanol–water partition coefficient (Wildman–Crippen LogP) is 3.58. The van der Waals surface area contributed by atoms with Gasteiger partial charge in [-0.15, -0.1) is 22.7 Å². The Kier molecular flexibility index (Phi) is 7.91. The minimum atomic E-state index is -0.668. The molecule has 0 aliphatic carbocycles. The van der Waals surface area contributed by atoms with Crippen molar-refractivity contribution in [1.82, 2.24) is 0 Å². The summed E-state index contributed by atoms with van der Waals surface area (Å²) in [7, 11) is 0. The average Bonchev–Trinajstić information content (AvgIpc) is 3.23. The Bertz CT molecular complexity index is 929. The van der Waals surface area contributed by atoms with Crippen molar-refractivity contribution in [2.45, 2.75) is 27.7 Å². The van der Waals surface area contributed by atoms with Gasteiger partial charge >= 0.3 is 17.9 Å². The fourth-order valence-corrected chi connectivity index (χ4v) is 4.22. The molecule has 0 aliphatic rings. The first-order valence-corrected chi connectivity index (χ1v) is 10.4. The zero-order valence-electron chi connectivity index (χ0n) is 16.5. The van der Waals surface area contributed by atoms with Crippen molar-refractivity contribution in [3.63, 3.8) is 0 Å². The maximum absolute atomic E-state index is 12.3. The lowest BCUT2D eigenvalue weighted by Crippen LogP contribution is -2.21. The number of rotatable bonds is 8. The summed E-state index contributed by atoms with van der Waals surface area (Å²) in [6.45, 7) is 6.51. The first-order chi connectivity index (χ1) is 13.8. The zero-order valence-corrected chi connectivity index (χ0v) is 18.1. The van der Waals surface area contributed by atoms with Crippen LogP contribution in [-0.4, -0.2) is 43.6 Å². The Morgan fingerprint density at radius 2 is 1.55 bits per heavy atom. The number of hydrogen-bond acceptors (Lipinski definition) is 9. The molecule has 0 aromatic carbocycles. The van der Waals surface area contributed by atoms with Crippen molar-refractivity contribution >= 4 is 51.5 Å². The molecular weight excluding hydrogens is 418 g/mol. The van der Waals surface area contributed by atoms with Crippen LogP contribution in [0.5, 0.6) is 0 Å². The molecule has 0 atom stereocenters. The summed E-state index contributed by atoms with van der Waals surface area (Å²) in [4.78, 5) is 50.2. The molecule has 2 aromatic heterocycles. The molecule has 1 N–H and O–H groups in total. The van der Waals surface area contributed by atoms with Gasteiger partial charge in [0.15, 0.2) is 6.61 Å². The molecule has 0 saturated heterocycles. The molecule has 2 aromatic rings. The molecule has 2 rings (SSSR count). The Morgan fingerprint density at radius 1 is 0.897 bits per heavy atom. The van der Waals surface area contributed by atoms with Crippen LogP contribution < -0.4 is 5.32 Å². The van der Waals surface area contributed by atoms with Crippen LogP contribution in [0, 0.1) is 13.8 Å². The van der Waals surface area contributed by atoms with Gasteiger partial charge in [-0.05, 0) is 45.4 Å². The second-order valence-corrected chi connectivity index (χ2v) is 8.04. The predicted molar refractivity (Wildman–Crippen MR) is 109 cm³/mol. The smallest absolute Gasteiger partial charge is 0.348 e. The minimum absolute atomic E-state index is 0.0773. The lowest BCUT2D eigenvalue weighted by atomic mass is 10.1. The zero-order chi connectivity index (χ0) is 21.6. The number of anilines is 1. The highest BCUT2D eigenvalue weighted by Gasteiger charge is 2.27. The number of hydrogen-bond donors (Lipinski definition) is 1. The normalized spacial score (nSPS) is 10.3. The average molecular weight is 440 g/mol. The molecule has 0 aliphatic heterocycles. The van der Waals surface area contributed by atoms with Gasteiger partial charge in [-0.1, -0.05) is 0 Å². The molecule has 0 fully saturated rings. The molecule has 10 heteroatoms. The van der Waals surface area contributed by atoms with E-state index in [4.69, 9.17) is 14.2 Å². The summed E-state index contributed by atoms with van der Waals surface area (Å²) in [5.74, 6) is -2.52. The van der Waals surface area contributed by atoms with Crippen LogP contribution in [0.15, 0.2) is 12.1 Å². The van der Waals surface area contributed by atoms with Gasteiger partial charge in [0.1, 0.15) is 14.8 Å². The molecule has 0 bridgehead atoms. The van der Waals surface area contributed by atoms with E-state index in [1.165, 1.54) is 11.3 Å². The van der Waals surface area contributed by atoms with Crippen LogP contribution in [-0.2, 0) is 19.0 Å². The summed E-state index contributed by atoms with van der Waals surface area (Å²) < 4.78 is 15.0. The summed E-state index contributed by atoms with van der Waals surface area (Å²) in [5, 5.41) is 2.65. The van der Waals surface area contributed by atoms with Gasteiger partial charge in [-0.2, -0.15) is 0 Å². The number of ether oxygens (including phenoxy) is 3. The highest BCUT2D eigenvalue weighted by Crippen LogP contribution is 2.34. The third-order valence-corrected chi connectivity index (χ3v) is 5.78. The lowest BCUT2D eigenvalue weighted by Gasteiger charge is -2.07. The van der Waals surface area contributed by atoms with E-state index < -0.39 is 30.4 Å². The Hall–Kier alpha value is -2.72. The number of aryl methyl sites for hydroxylation is 1. The SMILES string of the molecule is CCOC(=O)c1sc(NC(=O)COC(=O)c2ccc(C)s2)c(C(=O)OCC)c1C. The lowest BCUT2D eigenvalue weighted by molar-refractivity contribution is -0.119. The number of amides is 1. The van der Waals surface area contributed by atoms with E-state index in [1.807, 2.05) is 6.92 Å². The number of carbonyl (C=O) groups excluding carboxylic acids is 4. The second-order valence-electron chi connectivity index (χ2n) is 5.74. The standard InChI is InChI=1S/C19H21NO7S2/c1-5-25-18(23)14-11(4)15(19(24)26-6-2)29-16(14)20-13(21)9-27-17(22)12-8-7-10(3)28-12/h7-8H,5-6,9H2,1-4H3,(H,20,21). The van der Waals surface area contributed by atoms with Gasteiger partial charge in [-0.25, -0.2) is 14.4 Å². The van der Waals surface area contributed by atoms with Crippen molar-refractivity contribution in [3.05, 3.63) is 37.9 Å². The fourth-order valence-electron chi connectivity index (χ4n) is 2.35. The Morgan fingerprint density at radius 3 is 2.14 bits per heavy atom. The molecule has 29 heavy (non-hydrogen) atoms. The summed E-state index contributed by atoms with van der Waals surface area (Å²) in [6.07, 6.45) is 0. The molecule has 156 valence electrons. The van der Waals surface area contributed by atoms with Crippen LogP contribution in [0.2, 0.25) is 0 Å². The molecule has 0 saturated carbocycles. The highest BCUT2D eigenvalue weighted by atomic mass is 32.1. The number of nitrogens with one attached hydrogen (secondary N) is 1. The number of esters is 3. The molecule has 0 radical (unpaired) electrons. The minimum Gasteiger partial charge on any atom is -0.462 e. The van der Waals surface area contributed by atoms with Gasteiger partial charge < -0.3 is 19.5 Å². The third kappa shape index (κ3) is 5.64. The number of carbonyl (C=O) groups is 4. The van der Waals surface area contributed by atoms with Crippen molar-refractivity contribution in [3.8, 4) is 0 Å². The van der Waals surface area contributed by atoms with Gasteiger partial charge in [0, 0.05) is 4.88 Å². The van der Waals surface area contributed by atoms with Crippen molar-refractivity contribution in [1.29, 1.82) is 0 Å². The van der Waals surface area contributed by atoms with E-state index in [9.17, 15) is 19.2 Å². The van der Waals surface area contributed by atoms with Crippen molar-refractivity contribution in [2.24, 2.45) is 0 Å². The quantitative estimate of drug-likeness (QED) is 0.495. The molecule has 8 nitrogen and oxygen atoms in total. The van der Waals surface area contributed by atoms with Crippen molar-refractivity contribution in [2.75, 3.05) is 25.1 Å². The van der Waals surface area contributed by atoms with Crippen LogP contribution in [0.25, 0.3) is 0 Å². The topological polar surface area (TPSA) is 108 Å². The Balaban J connectivity index is 2.15.